The Bertz CT molecular complexity index is 1330. The number of hydrogen-bond donors (Lipinski definition) is 1. The Morgan fingerprint density at radius 2 is 1.79 bits per heavy atom. The van der Waals surface area contributed by atoms with E-state index in [0.717, 1.165) is 17.7 Å². The van der Waals surface area contributed by atoms with Crippen molar-refractivity contribution in [1.29, 1.82) is 0 Å². The maximum Gasteiger partial charge on any atom is 0.416 e. The van der Waals surface area contributed by atoms with Crippen LogP contribution in [0.1, 0.15) is 34.7 Å². The van der Waals surface area contributed by atoms with Crippen LogP contribution in [0.2, 0.25) is 0 Å². The monoisotopic (exact) mass is 450 g/mol. The van der Waals surface area contributed by atoms with Crippen molar-refractivity contribution in [1.82, 2.24) is 25.0 Å². The van der Waals surface area contributed by atoms with E-state index in [1.54, 1.807) is 6.92 Å². The normalized spacial score (nSPS) is 15.8. The lowest BCUT2D eigenvalue weighted by atomic mass is 9.85. The molecule has 2 aromatic heterocycles. The van der Waals surface area contributed by atoms with Gasteiger partial charge in [-0.2, -0.15) is 28.1 Å². The minimum atomic E-state index is -4.43. The highest BCUT2D eigenvalue weighted by Crippen LogP contribution is 2.40. The third-order valence-electron chi connectivity index (χ3n) is 5.55. The minimum Gasteiger partial charge on any atom is -0.310 e. The van der Waals surface area contributed by atoms with Crippen molar-refractivity contribution in [2.75, 3.05) is 5.32 Å². The Balaban J connectivity index is 1.58. The van der Waals surface area contributed by atoms with Gasteiger partial charge in [0.15, 0.2) is 0 Å². The van der Waals surface area contributed by atoms with Gasteiger partial charge in [-0.05, 0) is 24.6 Å². The van der Waals surface area contributed by atoms with Gasteiger partial charge in [-0.1, -0.05) is 42.5 Å². The quantitative estimate of drug-likeness (QED) is 0.496. The van der Waals surface area contributed by atoms with Gasteiger partial charge in [0.25, 0.3) is 5.95 Å². The van der Waals surface area contributed by atoms with Crippen molar-refractivity contribution in [3.05, 3.63) is 83.2 Å². The lowest BCUT2D eigenvalue weighted by Crippen LogP contribution is -2.25. The number of fused-ring (bicyclic) bond motifs is 1. The summed E-state index contributed by atoms with van der Waals surface area (Å²) in [5.74, 6) is -0.162. The molecule has 2 aromatic carbocycles. The van der Waals surface area contributed by atoms with E-state index in [2.05, 4.69) is 25.6 Å². The largest absolute Gasteiger partial charge is 0.416 e. The molecular weight excluding hydrogens is 433 g/mol. The molecule has 0 saturated heterocycles. The van der Waals surface area contributed by atoms with Crippen LogP contribution >= 0.6 is 0 Å². The lowest BCUT2D eigenvalue weighted by molar-refractivity contribution is -0.137. The van der Waals surface area contributed by atoms with E-state index in [1.165, 1.54) is 23.0 Å². The topological polar surface area (TPSA) is 85.6 Å². The van der Waals surface area contributed by atoms with Gasteiger partial charge in [-0.15, -0.1) is 5.10 Å². The summed E-state index contributed by atoms with van der Waals surface area (Å²) in [4.78, 5) is 17.1. The third-order valence-corrected chi connectivity index (χ3v) is 5.55. The predicted molar refractivity (Wildman–Crippen MR) is 114 cm³/mol. The van der Waals surface area contributed by atoms with E-state index in [9.17, 15) is 18.0 Å². The van der Waals surface area contributed by atoms with E-state index in [0.29, 0.717) is 28.3 Å². The molecule has 1 N–H and O–H groups in total. The number of carbonyl (C=O) groups is 1. The second kappa shape index (κ2) is 7.80. The van der Waals surface area contributed by atoms with Crippen LogP contribution in [-0.4, -0.2) is 30.9 Å². The van der Waals surface area contributed by atoms with Gasteiger partial charge in [0, 0.05) is 23.5 Å². The highest BCUT2D eigenvalue weighted by atomic mass is 19.4. The molecule has 0 fully saturated rings. The first kappa shape index (κ1) is 20.8. The summed E-state index contributed by atoms with van der Waals surface area (Å²) in [7, 11) is 0. The van der Waals surface area contributed by atoms with E-state index in [-0.39, 0.29) is 18.3 Å². The number of alkyl halides is 3. The first-order valence-corrected chi connectivity index (χ1v) is 10.1. The highest BCUT2D eigenvalue weighted by Gasteiger charge is 2.35. The Labute approximate surface area is 186 Å². The molecule has 3 heterocycles. The maximum atomic E-state index is 13.0. The van der Waals surface area contributed by atoms with Gasteiger partial charge in [0.05, 0.1) is 23.1 Å². The van der Waals surface area contributed by atoms with Crippen molar-refractivity contribution in [3.8, 4) is 17.2 Å². The number of rotatable bonds is 3. The Hall–Kier alpha value is -4.08. The fraction of sp³-hybridized carbons (Fsp3) is 0.174. The molecule has 7 nitrogen and oxygen atoms in total. The summed E-state index contributed by atoms with van der Waals surface area (Å²) in [6.07, 6.45) is -2.80. The summed E-state index contributed by atoms with van der Waals surface area (Å²) >= 11 is 0. The Morgan fingerprint density at radius 1 is 1.06 bits per heavy atom. The average Bonchev–Trinajstić information content (AvgIpc) is 3.15. The zero-order chi connectivity index (χ0) is 23.2. The fourth-order valence-electron chi connectivity index (χ4n) is 4.01. The molecule has 0 unspecified atom stereocenters. The number of nitrogens with zero attached hydrogens (tertiary/aromatic N) is 5. The molecule has 0 bridgehead atoms. The first-order valence-electron chi connectivity index (χ1n) is 10.1. The SMILES string of the molecule is Cc1nn(-c2nncc(-c3ccccc3)n2)c2c1[C@H](c1ccc(C(F)(F)F)cc1)CC(=O)N2. The van der Waals surface area contributed by atoms with Crippen LogP contribution in [0, 0.1) is 6.92 Å². The highest BCUT2D eigenvalue weighted by molar-refractivity contribution is 5.95. The number of carbonyl (C=O) groups excluding carboxylic acids is 1. The molecule has 10 heteroatoms. The second-order valence-electron chi connectivity index (χ2n) is 7.69. The molecule has 0 aliphatic carbocycles. The molecule has 1 aliphatic heterocycles. The molecule has 4 aromatic rings. The smallest absolute Gasteiger partial charge is 0.310 e. The van der Waals surface area contributed by atoms with E-state index in [1.807, 2.05) is 30.3 Å². The van der Waals surface area contributed by atoms with Crippen LogP contribution in [0.25, 0.3) is 17.2 Å². The summed E-state index contributed by atoms with van der Waals surface area (Å²) in [6.45, 7) is 1.78. The predicted octanol–water partition coefficient (Wildman–Crippen LogP) is 4.53. The summed E-state index contributed by atoms with van der Waals surface area (Å²) in [5.41, 5.74) is 2.61. The Morgan fingerprint density at radius 3 is 2.48 bits per heavy atom. The van der Waals surface area contributed by atoms with Gasteiger partial charge < -0.3 is 5.32 Å². The summed E-state index contributed by atoms with van der Waals surface area (Å²) < 4.78 is 40.3. The van der Waals surface area contributed by atoms with Gasteiger partial charge in [-0.25, -0.2) is 4.98 Å². The van der Waals surface area contributed by atoms with Crippen LogP contribution in [0.15, 0.2) is 60.8 Å². The fourth-order valence-corrected chi connectivity index (χ4v) is 4.01. The van der Waals surface area contributed by atoms with Gasteiger partial charge >= 0.3 is 6.18 Å². The zero-order valence-corrected chi connectivity index (χ0v) is 17.3. The molecule has 33 heavy (non-hydrogen) atoms. The number of nitrogens with one attached hydrogen (secondary N) is 1. The molecule has 5 rings (SSSR count). The lowest BCUT2D eigenvalue weighted by Gasteiger charge is -2.24. The van der Waals surface area contributed by atoms with Crippen molar-refractivity contribution >= 4 is 11.7 Å². The summed E-state index contributed by atoms with van der Waals surface area (Å²) in [6, 6.07) is 14.3. The molecule has 1 aliphatic rings. The number of anilines is 1. The zero-order valence-electron chi connectivity index (χ0n) is 17.3. The number of benzene rings is 2. The first-order chi connectivity index (χ1) is 15.8. The standard InChI is InChI=1S/C23H17F3N6O/c1-13-20-17(14-7-9-16(10-8-14)23(24,25)26)11-19(33)29-21(20)32(31-13)22-28-18(12-27-30-22)15-5-3-2-4-6-15/h2-10,12,17H,11H2,1H3,(H,29,33)/t17-/m0/s1. The van der Waals surface area contributed by atoms with E-state index < -0.39 is 17.7 Å². The van der Waals surface area contributed by atoms with Crippen molar-refractivity contribution in [2.24, 2.45) is 0 Å². The number of hydrogen-bond acceptors (Lipinski definition) is 5. The Kier molecular flexibility index (Phi) is 4.92. The molecule has 0 saturated carbocycles. The second-order valence-corrected chi connectivity index (χ2v) is 7.69. The van der Waals surface area contributed by atoms with Gasteiger partial charge in [0.2, 0.25) is 5.91 Å². The van der Waals surface area contributed by atoms with Crippen molar-refractivity contribution < 1.29 is 18.0 Å². The van der Waals surface area contributed by atoms with Crippen molar-refractivity contribution in [3.63, 3.8) is 0 Å². The van der Waals surface area contributed by atoms with Gasteiger partial charge in [-0.3, -0.25) is 4.79 Å². The maximum absolute atomic E-state index is 13.0. The number of aromatic nitrogens is 5. The van der Waals surface area contributed by atoms with Crippen molar-refractivity contribution in [2.45, 2.75) is 25.4 Å². The molecule has 0 spiro atoms. The van der Waals surface area contributed by atoms with Crippen LogP contribution in [0.5, 0.6) is 0 Å². The molecule has 0 radical (unpaired) electrons. The van der Waals surface area contributed by atoms with Crippen LogP contribution < -0.4 is 5.32 Å². The summed E-state index contributed by atoms with van der Waals surface area (Å²) in [5, 5.41) is 15.5. The molecule has 1 atom stereocenters. The molecule has 1 amide bonds. The number of aryl methyl sites for hydroxylation is 1. The van der Waals surface area contributed by atoms with E-state index >= 15 is 0 Å². The number of halogens is 3. The average molecular weight is 450 g/mol. The van der Waals surface area contributed by atoms with Crippen LogP contribution in [0.3, 0.4) is 0 Å². The third kappa shape index (κ3) is 3.84. The van der Waals surface area contributed by atoms with Gasteiger partial charge in [0.1, 0.15) is 5.82 Å². The van der Waals surface area contributed by atoms with Crippen LogP contribution in [0.4, 0.5) is 19.0 Å². The number of amides is 1. The molecular formula is C23H17F3N6O. The van der Waals surface area contributed by atoms with Crippen LogP contribution in [-0.2, 0) is 11.0 Å². The van der Waals surface area contributed by atoms with E-state index in [4.69, 9.17) is 0 Å². The minimum absolute atomic E-state index is 0.0913. The molecule has 166 valence electrons.